The molecule has 0 spiro atoms. The molecule has 0 radical (unpaired) electrons. The molecule has 0 aliphatic heterocycles. The van der Waals surface area contributed by atoms with Crippen molar-refractivity contribution in [1.82, 2.24) is 0 Å². The van der Waals surface area contributed by atoms with Crippen LogP contribution in [0, 0.1) is 11.3 Å². The largest absolute Gasteiger partial charge is 0.390 e. The van der Waals surface area contributed by atoms with Crippen LogP contribution in [0.4, 0.5) is 10.0 Å². The van der Waals surface area contributed by atoms with Crippen LogP contribution in [0.5, 0.6) is 0 Å². The second-order valence-electron chi connectivity index (χ2n) is 4.98. The van der Waals surface area contributed by atoms with E-state index >= 15 is 0 Å². The van der Waals surface area contributed by atoms with E-state index in [2.05, 4.69) is 11.4 Å². The van der Waals surface area contributed by atoms with Crippen LogP contribution in [0.15, 0.2) is 54.6 Å². The zero-order valence-electron chi connectivity index (χ0n) is 12.4. The van der Waals surface area contributed by atoms with E-state index in [1.807, 2.05) is 6.07 Å². The van der Waals surface area contributed by atoms with Crippen LogP contribution >= 0.6 is 22.9 Å². The normalized spacial score (nSPS) is 10.2. The van der Waals surface area contributed by atoms with Crippen molar-refractivity contribution >= 4 is 38.8 Å². The average molecular weight is 354 g/mol. The number of hydrogen-bond acceptors (Lipinski definition) is 4. The highest BCUT2D eigenvalue weighted by Crippen LogP contribution is 2.42. The van der Waals surface area contributed by atoms with Crippen LogP contribution in [0.1, 0.15) is 15.9 Å². The fourth-order valence-electron chi connectivity index (χ4n) is 2.31. The fraction of sp³-hybridized carbons (Fsp3) is 0. The molecule has 0 fully saturated rings. The van der Waals surface area contributed by atoms with Gasteiger partial charge in [0.15, 0.2) is 0 Å². The molecule has 0 atom stereocenters. The van der Waals surface area contributed by atoms with E-state index in [0.717, 1.165) is 5.56 Å². The number of anilines is 2. The summed E-state index contributed by atoms with van der Waals surface area (Å²) >= 11 is 7.08. The van der Waals surface area contributed by atoms with Gasteiger partial charge in [-0.15, -0.1) is 0 Å². The lowest BCUT2D eigenvalue weighted by molar-refractivity contribution is 0.102. The zero-order chi connectivity index (χ0) is 17.1. The van der Waals surface area contributed by atoms with Gasteiger partial charge >= 0.3 is 0 Å². The van der Waals surface area contributed by atoms with Gasteiger partial charge < -0.3 is 11.1 Å². The SMILES string of the molecule is N#Cc1c(NC(=O)c2ccccc2)sc(N)c1-c1ccc(Cl)cc1. The molecule has 0 unspecified atom stereocenters. The summed E-state index contributed by atoms with van der Waals surface area (Å²) in [4.78, 5) is 12.3. The molecule has 3 aromatic rings. The third-order valence-electron chi connectivity index (χ3n) is 3.44. The molecule has 6 heteroatoms. The number of nitrogen functional groups attached to an aromatic ring is 1. The van der Waals surface area contributed by atoms with Gasteiger partial charge in [-0.05, 0) is 29.8 Å². The van der Waals surface area contributed by atoms with Gasteiger partial charge in [0.2, 0.25) is 0 Å². The number of nitrogens with two attached hydrogens (primary N) is 1. The van der Waals surface area contributed by atoms with Crippen LogP contribution in [0.2, 0.25) is 5.02 Å². The molecule has 1 heterocycles. The lowest BCUT2D eigenvalue weighted by atomic mass is 10.0. The van der Waals surface area contributed by atoms with Crippen LogP contribution in [-0.4, -0.2) is 5.91 Å². The Hall–Kier alpha value is -2.81. The highest BCUT2D eigenvalue weighted by atomic mass is 35.5. The first-order chi connectivity index (χ1) is 11.6. The molecule has 0 saturated heterocycles. The Morgan fingerprint density at radius 2 is 1.79 bits per heavy atom. The smallest absolute Gasteiger partial charge is 0.256 e. The number of carbonyl (C=O) groups is 1. The Balaban J connectivity index is 1.99. The van der Waals surface area contributed by atoms with Gasteiger partial charge in [-0.25, -0.2) is 0 Å². The molecule has 0 saturated carbocycles. The number of nitriles is 1. The van der Waals surface area contributed by atoms with Crippen LogP contribution < -0.4 is 11.1 Å². The first kappa shape index (κ1) is 16.1. The molecule has 0 aliphatic rings. The monoisotopic (exact) mass is 353 g/mol. The Bertz CT molecular complexity index is 927. The molecule has 3 rings (SSSR count). The molecule has 4 nitrogen and oxygen atoms in total. The van der Waals surface area contributed by atoms with Crippen molar-refractivity contribution < 1.29 is 4.79 Å². The number of nitrogens with zero attached hydrogens (tertiary/aromatic N) is 1. The first-order valence-electron chi connectivity index (χ1n) is 7.05. The number of amides is 1. The third-order valence-corrected chi connectivity index (χ3v) is 4.63. The van der Waals surface area contributed by atoms with E-state index in [0.29, 0.717) is 31.7 Å². The summed E-state index contributed by atoms with van der Waals surface area (Å²) in [5.41, 5.74) is 8.35. The minimum absolute atomic E-state index is 0.281. The number of benzene rings is 2. The van der Waals surface area contributed by atoms with E-state index in [-0.39, 0.29) is 5.91 Å². The number of hydrogen-bond donors (Lipinski definition) is 2. The molecule has 1 aromatic heterocycles. The predicted molar refractivity (Wildman–Crippen MR) is 98.3 cm³/mol. The van der Waals surface area contributed by atoms with Crippen molar-refractivity contribution in [3.05, 3.63) is 70.7 Å². The number of thiophene rings is 1. The maximum Gasteiger partial charge on any atom is 0.256 e. The fourth-order valence-corrected chi connectivity index (χ4v) is 3.37. The van der Waals surface area contributed by atoms with Gasteiger partial charge in [-0.2, -0.15) is 5.26 Å². The highest BCUT2D eigenvalue weighted by molar-refractivity contribution is 7.21. The highest BCUT2D eigenvalue weighted by Gasteiger charge is 2.20. The summed E-state index contributed by atoms with van der Waals surface area (Å²) in [6, 6.07) is 18.0. The van der Waals surface area contributed by atoms with Crippen LogP contribution in [0.3, 0.4) is 0 Å². The molecule has 24 heavy (non-hydrogen) atoms. The van der Waals surface area contributed by atoms with Crippen molar-refractivity contribution in [3.8, 4) is 17.2 Å². The first-order valence-corrected chi connectivity index (χ1v) is 8.24. The summed E-state index contributed by atoms with van der Waals surface area (Å²) < 4.78 is 0. The van der Waals surface area contributed by atoms with Gasteiger partial charge in [0.25, 0.3) is 5.91 Å². The maximum atomic E-state index is 12.3. The molecule has 0 aliphatic carbocycles. The van der Waals surface area contributed by atoms with Crippen LogP contribution in [0.25, 0.3) is 11.1 Å². The van der Waals surface area contributed by atoms with Crippen LogP contribution in [-0.2, 0) is 0 Å². The minimum Gasteiger partial charge on any atom is -0.390 e. The second-order valence-corrected chi connectivity index (χ2v) is 6.47. The molecule has 118 valence electrons. The number of halogens is 1. The Morgan fingerprint density at radius 1 is 1.12 bits per heavy atom. The lowest BCUT2D eigenvalue weighted by Gasteiger charge is -2.04. The summed E-state index contributed by atoms with van der Waals surface area (Å²) in [6.45, 7) is 0. The lowest BCUT2D eigenvalue weighted by Crippen LogP contribution is -2.11. The van der Waals surface area contributed by atoms with Gasteiger partial charge in [0, 0.05) is 16.1 Å². The van der Waals surface area contributed by atoms with Crippen molar-refractivity contribution in [2.45, 2.75) is 0 Å². The Kier molecular flexibility index (Phi) is 4.52. The summed E-state index contributed by atoms with van der Waals surface area (Å²) in [5, 5.41) is 13.8. The van der Waals surface area contributed by atoms with Gasteiger partial charge in [0.05, 0.1) is 10.6 Å². The predicted octanol–water partition coefficient (Wildman–Crippen LogP) is 4.77. The topological polar surface area (TPSA) is 78.9 Å². The second kappa shape index (κ2) is 6.75. The number of rotatable bonds is 3. The number of carbonyl (C=O) groups excluding carboxylic acids is 1. The molecular formula is C18H12ClN3OS. The van der Waals surface area contributed by atoms with Crippen molar-refractivity contribution in [2.75, 3.05) is 11.1 Å². The van der Waals surface area contributed by atoms with Crippen molar-refractivity contribution in [2.24, 2.45) is 0 Å². The van der Waals surface area contributed by atoms with E-state index in [1.54, 1.807) is 48.5 Å². The van der Waals surface area contributed by atoms with E-state index < -0.39 is 0 Å². The summed E-state index contributed by atoms with van der Waals surface area (Å²) in [6.07, 6.45) is 0. The quantitative estimate of drug-likeness (QED) is 0.711. The van der Waals surface area contributed by atoms with E-state index in [1.165, 1.54) is 11.3 Å². The number of nitrogens with one attached hydrogen (secondary N) is 1. The molecule has 0 bridgehead atoms. The average Bonchev–Trinajstić information content (AvgIpc) is 2.91. The summed E-state index contributed by atoms with van der Waals surface area (Å²) in [7, 11) is 0. The molecule has 3 N–H and O–H groups in total. The molecular weight excluding hydrogens is 342 g/mol. The van der Waals surface area contributed by atoms with E-state index in [9.17, 15) is 10.1 Å². The summed E-state index contributed by atoms with van der Waals surface area (Å²) in [5.74, 6) is -0.281. The van der Waals surface area contributed by atoms with E-state index in [4.69, 9.17) is 17.3 Å². The van der Waals surface area contributed by atoms with Gasteiger partial charge in [0.1, 0.15) is 11.1 Å². The van der Waals surface area contributed by atoms with Crippen molar-refractivity contribution in [3.63, 3.8) is 0 Å². The maximum absolute atomic E-state index is 12.3. The van der Waals surface area contributed by atoms with Crippen molar-refractivity contribution in [1.29, 1.82) is 5.26 Å². The van der Waals surface area contributed by atoms with Gasteiger partial charge in [-0.1, -0.05) is 53.3 Å². The Morgan fingerprint density at radius 3 is 2.42 bits per heavy atom. The Labute approximate surface area is 148 Å². The standard InChI is InChI=1S/C18H12ClN3OS/c19-13-8-6-11(7-9-13)15-14(10-20)18(24-16(15)21)22-17(23)12-4-2-1-3-5-12/h1-9H,21H2,(H,22,23). The zero-order valence-corrected chi connectivity index (χ0v) is 14.0. The molecule has 2 aromatic carbocycles. The third kappa shape index (κ3) is 3.11. The minimum atomic E-state index is -0.281. The van der Waals surface area contributed by atoms with Gasteiger partial charge in [-0.3, -0.25) is 4.79 Å². The molecule has 1 amide bonds.